The summed E-state index contributed by atoms with van der Waals surface area (Å²) in [5, 5.41) is 10.2. The second kappa shape index (κ2) is 6.58. The first kappa shape index (κ1) is 19.1. The predicted octanol–water partition coefficient (Wildman–Crippen LogP) is 2.34. The van der Waals surface area contributed by atoms with E-state index in [4.69, 9.17) is 16.3 Å². The molecule has 7 nitrogen and oxygen atoms in total. The number of aromatic nitrogens is 3. The summed E-state index contributed by atoms with van der Waals surface area (Å²) in [6.07, 6.45) is 2.84. The van der Waals surface area contributed by atoms with Crippen LogP contribution < -0.4 is 9.64 Å². The maximum Gasteiger partial charge on any atom is 0.319 e. The smallest absolute Gasteiger partial charge is 0.319 e. The zero-order valence-corrected chi connectivity index (χ0v) is 16.8. The Morgan fingerprint density at radius 2 is 2.17 bits per heavy atom. The fraction of sp³-hybridized carbons (Fsp3) is 0.632. The van der Waals surface area contributed by atoms with Gasteiger partial charge in [0, 0.05) is 32.3 Å². The Labute approximate surface area is 171 Å². The van der Waals surface area contributed by atoms with E-state index in [-0.39, 0.29) is 28.8 Å². The third-order valence-corrected chi connectivity index (χ3v) is 6.46. The molecule has 156 valence electrons. The van der Waals surface area contributed by atoms with Gasteiger partial charge in [0.25, 0.3) is 0 Å². The monoisotopic (exact) mass is 425 g/mol. The summed E-state index contributed by atoms with van der Waals surface area (Å²) < 4.78 is 34.5. The lowest BCUT2D eigenvalue weighted by Gasteiger charge is -2.45. The van der Waals surface area contributed by atoms with Crippen molar-refractivity contribution < 1.29 is 18.6 Å². The molecule has 3 aliphatic heterocycles. The molecule has 0 saturated carbocycles. The van der Waals surface area contributed by atoms with Gasteiger partial charge in [-0.15, -0.1) is 0 Å². The quantitative estimate of drug-likeness (QED) is 0.753. The maximum absolute atomic E-state index is 14.6. The molecule has 5 rings (SSSR count). The average Bonchev–Trinajstić information content (AvgIpc) is 3.16. The van der Waals surface area contributed by atoms with Crippen molar-refractivity contribution in [2.75, 3.05) is 37.7 Å². The molecule has 2 aromatic heterocycles. The van der Waals surface area contributed by atoms with Crippen LogP contribution in [0.5, 0.6) is 6.01 Å². The fourth-order valence-corrected chi connectivity index (χ4v) is 5.02. The molecule has 3 aliphatic rings. The molecule has 29 heavy (non-hydrogen) atoms. The number of β-amino-alcohol motifs (C(OH)–C–C–N with tert-alkyl or cyclic N) is 1. The number of ether oxygens (including phenoxy) is 1. The van der Waals surface area contributed by atoms with E-state index in [0.29, 0.717) is 37.3 Å². The molecule has 2 atom stereocenters. The molecule has 0 radical (unpaired) electrons. The van der Waals surface area contributed by atoms with Crippen LogP contribution in [-0.4, -0.2) is 75.1 Å². The van der Waals surface area contributed by atoms with Gasteiger partial charge in [-0.1, -0.05) is 11.6 Å². The zero-order chi connectivity index (χ0) is 20.4. The van der Waals surface area contributed by atoms with E-state index >= 15 is 0 Å². The fourth-order valence-electron chi connectivity index (χ4n) is 4.88. The summed E-state index contributed by atoms with van der Waals surface area (Å²) in [5.74, 6) is -0.301. The molecule has 0 spiro atoms. The van der Waals surface area contributed by atoms with Crippen LogP contribution in [-0.2, 0) is 0 Å². The summed E-state index contributed by atoms with van der Waals surface area (Å²) in [6, 6.07) is 0.0174. The van der Waals surface area contributed by atoms with Crippen molar-refractivity contribution in [2.45, 2.75) is 43.5 Å². The topological polar surface area (TPSA) is 74.6 Å². The Morgan fingerprint density at radius 3 is 2.93 bits per heavy atom. The molecule has 1 N–H and O–H groups in total. The minimum Gasteiger partial charge on any atom is -0.461 e. The summed E-state index contributed by atoms with van der Waals surface area (Å²) >= 11 is 5.84. The summed E-state index contributed by atoms with van der Waals surface area (Å²) in [6.45, 7) is 3.95. The first-order valence-corrected chi connectivity index (χ1v) is 10.2. The van der Waals surface area contributed by atoms with E-state index in [2.05, 4.69) is 19.9 Å². The summed E-state index contributed by atoms with van der Waals surface area (Å²) in [5.41, 5.74) is -1.17. The van der Waals surface area contributed by atoms with Crippen LogP contribution in [0.1, 0.15) is 26.2 Å². The standard InChI is InChI=1S/C19H22ClF2N5O2/c1-18(28)8-26(9-18)16-12-6-23-15(20)13(22)14(12)24-17(25-16)29-10-19-3-2-4-27(19)7-11(21)5-19/h6,11,28H,2-5,7-10H2,1H3/t11-,19+/m1/s1. The molecule has 0 aromatic carbocycles. The third kappa shape index (κ3) is 3.19. The van der Waals surface area contributed by atoms with Gasteiger partial charge in [-0.25, -0.2) is 13.8 Å². The van der Waals surface area contributed by atoms with E-state index in [1.54, 1.807) is 6.92 Å². The zero-order valence-electron chi connectivity index (χ0n) is 16.0. The lowest BCUT2D eigenvalue weighted by Crippen LogP contribution is -2.60. The Hall–Kier alpha value is -1.84. The Balaban J connectivity index is 1.48. The highest BCUT2D eigenvalue weighted by atomic mass is 35.5. The van der Waals surface area contributed by atoms with Crippen molar-refractivity contribution in [1.29, 1.82) is 0 Å². The van der Waals surface area contributed by atoms with Gasteiger partial charge in [0.2, 0.25) is 0 Å². The molecule has 0 unspecified atom stereocenters. The number of fused-ring (bicyclic) bond motifs is 2. The number of hydrogen-bond donors (Lipinski definition) is 1. The van der Waals surface area contributed by atoms with Gasteiger partial charge in [-0.05, 0) is 26.3 Å². The molecule has 3 saturated heterocycles. The average molecular weight is 426 g/mol. The van der Waals surface area contributed by atoms with Gasteiger partial charge in [-0.3, -0.25) is 4.90 Å². The van der Waals surface area contributed by atoms with Crippen LogP contribution in [0.15, 0.2) is 6.20 Å². The highest BCUT2D eigenvalue weighted by Crippen LogP contribution is 2.41. The van der Waals surface area contributed by atoms with Crippen LogP contribution in [0.25, 0.3) is 10.9 Å². The number of pyridine rings is 1. The van der Waals surface area contributed by atoms with Gasteiger partial charge in [0.05, 0.1) is 16.5 Å². The SMILES string of the molecule is CC1(O)CN(c2nc(OC[C@@]34CCCN3C[C@H](F)C4)nc3c(F)c(Cl)ncc23)C1. The lowest BCUT2D eigenvalue weighted by molar-refractivity contribution is 0.0305. The number of alkyl halides is 1. The van der Waals surface area contributed by atoms with E-state index < -0.39 is 17.6 Å². The van der Waals surface area contributed by atoms with E-state index in [0.717, 1.165) is 19.4 Å². The van der Waals surface area contributed by atoms with Gasteiger partial charge in [0.1, 0.15) is 24.1 Å². The van der Waals surface area contributed by atoms with Crippen LogP contribution in [0.2, 0.25) is 5.15 Å². The molecule has 5 heterocycles. The normalized spacial score (nSPS) is 28.6. The van der Waals surface area contributed by atoms with Gasteiger partial charge < -0.3 is 14.7 Å². The first-order valence-electron chi connectivity index (χ1n) is 9.77. The minimum atomic E-state index is -0.863. The molecule has 2 aromatic rings. The maximum atomic E-state index is 14.6. The van der Waals surface area contributed by atoms with Crippen molar-refractivity contribution in [3.63, 3.8) is 0 Å². The molecule has 0 amide bonds. The molecular weight excluding hydrogens is 404 g/mol. The van der Waals surface area contributed by atoms with E-state index in [1.807, 2.05) is 4.90 Å². The molecule has 10 heteroatoms. The van der Waals surface area contributed by atoms with Gasteiger partial charge in [0.15, 0.2) is 11.0 Å². The highest BCUT2D eigenvalue weighted by Gasteiger charge is 2.49. The van der Waals surface area contributed by atoms with E-state index in [9.17, 15) is 13.9 Å². The number of hydrogen-bond acceptors (Lipinski definition) is 7. The Kier molecular flexibility index (Phi) is 4.34. The number of rotatable bonds is 4. The number of aliphatic hydroxyl groups is 1. The summed E-state index contributed by atoms with van der Waals surface area (Å²) in [7, 11) is 0. The van der Waals surface area contributed by atoms with Crippen LogP contribution in [0.3, 0.4) is 0 Å². The second-order valence-corrected chi connectivity index (χ2v) is 9.03. The van der Waals surface area contributed by atoms with Crippen LogP contribution in [0.4, 0.5) is 14.6 Å². The minimum absolute atomic E-state index is 0.0174. The van der Waals surface area contributed by atoms with Gasteiger partial charge in [-0.2, -0.15) is 9.97 Å². The van der Waals surface area contributed by atoms with Gasteiger partial charge >= 0.3 is 6.01 Å². The summed E-state index contributed by atoms with van der Waals surface area (Å²) in [4.78, 5) is 16.5. The number of nitrogens with zero attached hydrogens (tertiary/aromatic N) is 5. The van der Waals surface area contributed by atoms with Crippen molar-refractivity contribution in [3.8, 4) is 6.01 Å². The number of halogens is 3. The lowest BCUT2D eigenvalue weighted by atomic mass is 9.95. The van der Waals surface area contributed by atoms with Crippen molar-refractivity contribution in [2.24, 2.45) is 0 Å². The second-order valence-electron chi connectivity index (χ2n) is 8.67. The Bertz CT molecular complexity index is 969. The molecular formula is C19H22ClF2N5O2. The predicted molar refractivity (Wildman–Crippen MR) is 104 cm³/mol. The first-order chi connectivity index (χ1) is 13.8. The molecule has 3 fully saturated rings. The highest BCUT2D eigenvalue weighted by molar-refractivity contribution is 6.30. The molecule has 0 aliphatic carbocycles. The van der Waals surface area contributed by atoms with Crippen LogP contribution in [0, 0.1) is 5.82 Å². The van der Waals surface area contributed by atoms with Crippen LogP contribution >= 0.6 is 11.6 Å². The molecule has 0 bridgehead atoms. The third-order valence-electron chi connectivity index (χ3n) is 6.19. The van der Waals surface area contributed by atoms with Crippen molar-refractivity contribution in [3.05, 3.63) is 17.2 Å². The van der Waals surface area contributed by atoms with Crippen molar-refractivity contribution >= 4 is 28.3 Å². The Morgan fingerprint density at radius 1 is 1.38 bits per heavy atom. The largest absolute Gasteiger partial charge is 0.461 e. The van der Waals surface area contributed by atoms with E-state index in [1.165, 1.54) is 6.20 Å². The van der Waals surface area contributed by atoms with Crippen molar-refractivity contribution in [1.82, 2.24) is 19.9 Å². The number of anilines is 1.